The molecule has 0 amide bonds. The number of methoxy groups -OCH3 is 2. The monoisotopic (exact) mass is 463 g/mol. The molecule has 1 aromatic carbocycles. The predicted molar refractivity (Wildman–Crippen MR) is 119 cm³/mol. The lowest BCUT2D eigenvalue weighted by atomic mass is 9.99. The maximum Gasteiger partial charge on any atom is 0.345 e. The Morgan fingerprint density at radius 1 is 1.07 bits per heavy atom. The number of allylic oxidation sites excluding steroid dienone is 3. The molecule has 0 aromatic heterocycles. The Bertz CT molecular complexity index is 1010. The van der Waals surface area contributed by atoms with Crippen LogP contribution in [0.25, 0.3) is 0 Å². The highest BCUT2D eigenvalue weighted by Crippen LogP contribution is 2.45. The standard InChI is InChI=1S/C21H18ClNO5S2/c1-27-19(25)15-14-6-4-5-11-23(14)16(17(24)12-7-9-13(22)10-8-12)21(29-3)30-18(15)20(26)28-2/h4-11,14H,1-3H3. The van der Waals surface area contributed by atoms with E-state index < -0.39 is 18.0 Å². The first kappa shape index (κ1) is 22.3. The summed E-state index contributed by atoms with van der Waals surface area (Å²) in [5.41, 5.74) is 0.894. The first-order valence-corrected chi connectivity index (χ1v) is 11.1. The van der Waals surface area contributed by atoms with Gasteiger partial charge in [0.15, 0.2) is 0 Å². The maximum atomic E-state index is 13.5. The van der Waals surface area contributed by atoms with Gasteiger partial charge in [0.05, 0.1) is 30.1 Å². The van der Waals surface area contributed by atoms with Crippen LogP contribution in [0, 0.1) is 0 Å². The average molecular weight is 464 g/mol. The third kappa shape index (κ3) is 4.21. The molecule has 0 radical (unpaired) electrons. The van der Waals surface area contributed by atoms with Gasteiger partial charge in [0.25, 0.3) is 0 Å². The molecular weight excluding hydrogens is 446 g/mol. The van der Waals surface area contributed by atoms with E-state index in [1.54, 1.807) is 59.8 Å². The van der Waals surface area contributed by atoms with Crippen LogP contribution in [0.4, 0.5) is 0 Å². The second-order valence-electron chi connectivity index (χ2n) is 6.08. The van der Waals surface area contributed by atoms with Crippen molar-refractivity contribution in [2.45, 2.75) is 6.04 Å². The lowest BCUT2D eigenvalue weighted by Crippen LogP contribution is -2.37. The molecule has 3 rings (SSSR count). The molecule has 1 unspecified atom stereocenters. The number of carbonyl (C=O) groups excluding carboxylic acids is 3. The van der Waals surface area contributed by atoms with Crippen molar-refractivity contribution in [1.82, 2.24) is 4.90 Å². The summed E-state index contributed by atoms with van der Waals surface area (Å²) in [5, 5.41) is 0.516. The fourth-order valence-corrected chi connectivity index (χ4v) is 5.10. The molecule has 6 nitrogen and oxygen atoms in total. The Hall–Kier alpha value is -2.42. The van der Waals surface area contributed by atoms with E-state index in [4.69, 9.17) is 21.1 Å². The van der Waals surface area contributed by atoms with Crippen LogP contribution in [0.15, 0.2) is 69.1 Å². The van der Waals surface area contributed by atoms with Crippen LogP contribution < -0.4 is 0 Å². The first-order chi connectivity index (χ1) is 14.4. The van der Waals surface area contributed by atoms with Crippen LogP contribution >= 0.6 is 35.1 Å². The second kappa shape index (κ2) is 9.59. The van der Waals surface area contributed by atoms with Crippen molar-refractivity contribution >= 4 is 52.8 Å². The number of ketones is 1. The third-order valence-electron chi connectivity index (χ3n) is 4.42. The number of Topliss-reactive ketones (excluding diaryl/α,β-unsaturated/α-hetero) is 1. The van der Waals surface area contributed by atoms with Gasteiger partial charge >= 0.3 is 11.9 Å². The highest BCUT2D eigenvalue weighted by atomic mass is 35.5. The van der Waals surface area contributed by atoms with Gasteiger partial charge in [0.2, 0.25) is 5.78 Å². The molecule has 2 heterocycles. The maximum absolute atomic E-state index is 13.5. The molecule has 0 saturated heterocycles. The lowest BCUT2D eigenvalue weighted by Gasteiger charge is -2.32. The number of esters is 2. The summed E-state index contributed by atoms with van der Waals surface area (Å²) in [6.07, 6.45) is 8.74. The minimum absolute atomic E-state index is 0.0857. The zero-order valence-corrected chi connectivity index (χ0v) is 18.8. The SMILES string of the molecule is COC(=O)C1=C(C(=O)OC)C2C=CC=CN2C(C(=O)c2ccc(Cl)cc2)=C(SC)S1. The van der Waals surface area contributed by atoms with Gasteiger partial charge in [-0.15, -0.1) is 11.8 Å². The molecule has 2 aliphatic rings. The highest BCUT2D eigenvalue weighted by Gasteiger charge is 2.40. The summed E-state index contributed by atoms with van der Waals surface area (Å²) in [6, 6.07) is 5.85. The molecule has 2 aliphatic heterocycles. The topological polar surface area (TPSA) is 72.9 Å². The number of carbonyl (C=O) groups is 3. The number of thioether (sulfide) groups is 2. The molecule has 1 aromatic rings. The van der Waals surface area contributed by atoms with Crippen molar-refractivity contribution in [3.8, 4) is 0 Å². The Morgan fingerprint density at radius 2 is 1.73 bits per heavy atom. The van der Waals surface area contributed by atoms with Gasteiger partial charge in [-0.25, -0.2) is 9.59 Å². The minimum atomic E-state index is -0.708. The molecule has 0 spiro atoms. The van der Waals surface area contributed by atoms with Crippen molar-refractivity contribution in [2.24, 2.45) is 0 Å². The predicted octanol–water partition coefficient (Wildman–Crippen LogP) is 4.16. The van der Waals surface area contributed by atoms with E-state index in [0.29, 0.717) is 20.5 Å². The minimum Gasteiger partial charge on any atom is -0.466 e. The van der Waals surface area contributed by atoms with Gasteiger partial charge in [-0.1, -0.05) is 35.5 Å². The number of hydrogen-bond acceptors (Lipinski definition) is 8. The van der Waals surface area contributed by atoms with Gasteiger partial charge in [-0.3, -0.25) is 4.79 Å². The quantitative estimate of drug-likeness (QED) is 0.476. The Kier molecular flexibility index (Phi) is 7.12. The summed E-state index contributed by atoms with van der Waals surface area (Å²) < 4.78 is 10.4. The zero-order valence-electron chi connectivity index (χ0n) is 16.4. The van der Waals surface area contributed by atoms with Gasteiger partial charge < -0.3 is 14.4 Å². The number of ether oxygens (including phenoxy) is 2. The van der Waals surface area contributed by atoms with Gasteiger partial charge in [-0.05, 0) is 36.6 Å². The third-order valence-corrected chi connectivity index (χ3v) is 6.96. The smallest absolute Gasteiger partial charge is 0.345 e. The number of nitrogens with zero attached hydrogens (tertiary/aromatic N) is 1. The van der Waals surface area contributed by atoms with Gasteiger partial charge in [0.1, 0.15) is 10.6 Å². The fraction of sp³-hybridized carbons (Fsp3) is 0.190. The van der Waals surface area contributed by atoms with Crippen molar-refractivity contribution in [3.05, 3.63) is 79.7 Å². The summed E-state index contributed by atoms with van der Waals surface area (Å²) >= 11 is 8.29. The molecule has 0 aliphatic carbocycles. The van der Waals surface area contributed by atoms with Crippen molar-refractivity contribution in [3.63, 3.8) is 0 Å². The van der Waals surface area contributed by atoms with Crippen LogP contribution in [-0.2, 0) is 19.1 Å². The van der Waals surface area contributed by atoms with Crippen molar-refractivity contribution in [2.75, 3.05) is 20.5 Å². The Balaban J connectivity index is 2.23. The van der Waals surface area contributed by atoms with Crippen molar-refractivity contribution < 1.29 is 23.9 Å². The second-order valence-corrected chi connectivity index (χ2v) is 8.61. The fourth-order valence-electron chi connectivity index (χ4n) is 3.04. The van der Waals surface area contributed by atoms with E-state index in [2.05, 4.69) is 0 Å². The molecule has 9 heteroatoms. The molecule has 0 bridgehead atoms. The van der Waals surface area contributed by atoms with Crippen LogP contribution in [0.3, 0.4) is 0 Å². The Labute approximate surface area is 187 Å². The van der Waals surface area contributed by atoms with Crippen molar-refractivity contribution in [1.29, 1.82) is 0 Å². The number of rotatable bonds is 5. The molecule has 0 fully saturated rings. The largest absolute Gasteiger partial charge is 0.466 e. The summed E-state index contributed by atoms with van der Waals surface area (Å²) in [6.45, 7) is 0. The molecule has 1 atom stereocenters. The van der Waals surface area contributed by atoms with E-state index in [1.807, 2.05) is 0 Å². The lowest BCUT2D eigenvalue weighted by molar-refractivity contribution is -0.139. The normalized spacial score (nSPS) is 18.1. The van der Waals surface area contributed by atoms with Crippen LogP contribution in [0.5, 0.6) is 0 Å². The van der Waals surface area contributed by atoms with Gasteiger partial charge in [0, 0.05) is 16.8 Å². The van der Waals surface area contributed by atoms with E-state index in [0.717, 1.165) is 11.8 Å². The van der Waals surface area contributed by atoms with Crippen LogP contribution in [0.1, 0.15) is 10.4 Å². The van der Waals surface area contributed by atoms with Gasteiger partial charge in [-0.2, -0.15) is 0 Å². The van der Waals surface area contributed by atoms with E-state index in [-0.39, 0.29) is 16.3 Å². The number of benzene rings is 1. The molecule has 30 heavy (non-hydrogen) atoms. The zero-order chi connectivity index (χ0) is 21.8. The highest BCUT2D eigenvalue weighted by molar-refractivity contribution is 8.24. The number of halogens is 1. The van der Waals surface area contributed by atoms with Crippen LogP contribution in [-0.4, -0.2) is 49.1 Å². The summed E-state index contributed by atoms with van der Waals surface area (Å²) in [5.74, 6) is -1.60. The first-order valence-electron chi connectivity index (χ1n) is 8.73. The summed E-state index contributed by atoms with van der Waals surface area (Å²) in [4.78, 5) is 40.5. The molecule has 156 valence electrons. The Morgan fingerprint density at radius 3 is 2.33 bits per heavy atom. The molecule has 0 saturated carbocycles. The average Bonchev–Trinajstić information content (AvgIpc) is 2.92. The van der Waals surface area contributed by atoms with E-state index in [9.17, 15) is 14.4 Å². The molecule has 0 N–H and O–H groups in total. The van der Waals surface area contributed by atoms with Crippen LogP contribution in [0.2, 0.25) is 5.02 Å². The van der Waals surface area contributed by atoms with E-state index in [1.165, 1.54) is 26.0 Å². The number of fused-ring (bicyclic) bond motifs is 1. The summed E-state index contributed by atoms with van der Waals surface area (Å²) in [7, 11) is 2.49. The van der Waals surface area contributed by atoms with E-state index >= 15 is 0 Å². The molecular formula is C21H18ClNO5S2. The number of hydrogen-bond donors (Lipinski definition) is 0.